The maximum Gasteiger partial charge on any atom is 0.348 e. The summed E-state index contributed by atoms with van der Waals surface area (Å²) in [6.07, 6.45) is 1.92. The molecule has 1 aliphatic rings. The number of aliphatic hydroxyl groups is 1. The highest BCUT2D eigenvalue weighted by atomic mass is 32.1. The van der Waals surface area contributed by atoms with Gasteiger partial charge in [-0.2, -0.15) is 0 Å². The molecule has 2 rings (SSSR count). The zero-order valence-electron chi connectivity index (χ0n) is 9.89. The lowest BCUT2D eigenvalue weighted by Gasteiger charge is -2.18. The minimum Gasteiger partial charge on any atom is -0.465 e. The summed E-state index contributed by atoms with van der Waals surface area (Å²) in [5.74, 6) is -0.338. The SMILES string of the molecule is COC(=O)c1ccc(C(O)CN2CCCC2)s1. The van der Waals surface area contributed by atoms with Crippen LogP contribution in [-0.4, -0.2) is 42.7 Å². The number of carbonyl (C=O) groups excluding carboxylic acids is 1. The lowest BCUT2D eigenvalue weighted by Crippen LogP contribution is -2.25. The molecule has 17 heavy (non-hydrogen) atoms. The van der Waals surface area contributed by atoms with Gasteiger partial charge >= 0.3 is 5.97 Å². The van der Waals surface area contributed by atoms with Crippen LogP contribution in [0.5, 0.6) is 0 Å². The van der Waals surface area contributed by atoms with Gasteiger partial charge in [-0.05, 0) is 38.1 Å². The molecule has 0 bridgehead atoms. The molecular formula is C12H17NO3S. The van der Waals surface area contributed by atoms with Crippen LogP contribution in [0.2, 0.25) is 0 Å². The first kappa shape index (κ1) is 12.5. The highest BCUT2D eigenvalue weighted by Crippen LogP contribution is 2.25. The Hall–Kier alpha value is -0.910. The molecule has 1 aromatic heterocycles. The van der Waals surface area contributed by atoms with E-state index in [4.69, 9.17) is 0 Å². The van der Waals surface area contributed by atoms with E-state index in [2.05, 4.69) is 9.64 Å². The molecule has 5 heteroatoms. The van der Waals surface area contributed by atoms with Crippen molar-refractivity contribution in [2.45, 2.75) is 18.9 Å². The van der Waals surface area contributed by atoms with Crippen molar-refractivity contribution in [1.29, 1.82) is 0 Å². The van der Waals surface area contributed by atoms with E-state index in [9.17, 15) is 9.90 Å². The number of nitrogens with zero attached hydrogens (tertiary/aromatic N) is 1. The van der Waals surface area contributed by atoms with Crippen LogP contribution >= 0.6 is 11.3 Å². The van der Waals surface area contributed by atoms with Gasteiger partial charge in [-0.3, -0.25) is 0 Å². The Kier molecular flexibility index (Phi) is 4.15. The third kappa shape index (κ3) is 3.06. The average Bonchev–Trinajstić information content (AvgIpc) is 2.98. The van der Waals surface area contributed by atoms with Crippen LogP contribution in [0.25, 0.3) is 0 Å². The smallest absolute Gasteiger partial charge is 0.348 e. The van der Waals surface area contributed by atoms with Crippen LogP contribution in [0.4, 0.5) is 0 Å². The highest BCUT2D eigenvalue weighted by molar-refractivity contribution is 7.14. The monoisotopic (exact) mass is 255 g/mol. The first-order valence-electron chi connectivity index (χ1n) is 5.79. The second-order valence-electron chi connectivity index (χ2n) is 4.22. The Morgan fingerprint density at radius 2 is 2.24 bits per heavy atom. The Labute approximate surface area is 105 Å². The van der Waals surface area contributed by atoms with Crippen LogP contribution in [0.3, 0.4) is 0 Å². The maximum atomic E-state index is 11.3. The van der Waals surface area contributed by atoms with Crippen LogP contribution in [-0.2, 0) is 4.74 Å². The van der Waals surface area contributed by atoms with E-state index in [0.29, 0.717) is 11.4 Å². The summed E-state index contributed by atoms with van der Waals surface area (Å²) in [4.78, 5) is 14.9. The summed E-state index contributed by atoms with van der Waals surface area (Å²) >= 11 is 1.31. The first-order valence-corrected chi connectivity index (χ1v) is 6.61. The number of rotatable bonds is 4. The molecule has 1 unspecified atom stereocenters. The van der Waals surface area contributed by atoms with Gasteiger partial charge in [0.15, 0.2) is 0 Å². The predicted molar refractivity (Wildman–Crippen MR) is 66.3 cm³/mol. The molecule has 2 heterocycles. The van der Waals surface area contributed by atoms with Crippen molar-refractivity contribution in [3.63, 3.8) is 0 Å². The molecular weight excluding hydrogens is 238 g/mol. The van der Waals surface area contributed by atoms with E-state index in [0.717, 1.165) is 18.0 Å². The van der Waals surface area contributed by atoms with Gasteiger partial charge in [-0.15, -0.1) is 11.3 Å². The molecule has 1 atom stereocenters. The molecule has 0 radical (unpaired) electrons. The van der Waals surface area contributed by atoms with Crippen LogP contribution in [0.1, 0.15) is 33.5 Å². The van der Waals surface area contributed by atoms with Crippen molar-refractivity contribution < 1.29 is 14.6 Å². The van der Waals surface area contributed by atoms with Gasteiger partial charge < -0.3 is 14.7 Å². The largest absolute Gasteiger partial charge is 0.465 e. The van der Waals surface area contributed by atoms with Crippen LogP contribution in [0, 0.1) is 0 Å². The number of likely N-dealkylation sites (tertiary alicyclic amines) is 1. The number of methoxy groups -OCH3 is 1. The molecule has 0 amide bonds. The number of β-amino-alcohol motifs (C(OH)–C–C–N with tert-alkyl or cyclic N) is 1. The van der Waals surface area contributed by atoms with Gasteiger partial charge in [0.05, 0.1) is 7.11 Å². The molecule has 1 fully saturated rings. The maximum absolute atomic E-state index is 11.3. The fourth-order valence-corrected chi connectivity index (χ4v) is 2.95. The first-order chi connectivity index (χ1) is 8.20. The lowest BCUT2D eigenvalue weighted by atomic mass is 10.2. The molecule has 0 aromatic carbocycles. The third-order valence-corrected chi connectivity index (χ3v) is 4.14. The zero-order chi connectivity index (χ0) is 12.3. The normalized spacial score (nSPS) is 18.2. The second-order valence-corrected chi connectivity index (χ2v) is 5.33. The quantitative estimate of drug-likeness (QED) is 0.831. The molecule has 0 aliphatic carbocycles. The molecule has 4 nitrogen and oxygen atoms in total. The van der Waals surface area contributed by atoms with Gasteiger partial charge in [0.25, 0.3) is 0 Å². The number of thiophene rings is 1. The standard InChI is InChI=1S/C12H17NO3S/c1-16-12(15)11-5-4-10(17-11)9(14)8-13-6-2-3-7-13/h4-5,9,14H,2-3,6-8H2,1H3. The minimum absolute atomic E-state index is 0.338. The summed E-state index contributed by atoms with van der Waals surface area (Å²) in [6, 6.07) is 3.51. The summed E-state index contributed by atoms with van der Waals surface area (Å²) < 4.78 is 4.64. The number of hydrogen-bond acceptors (Lipinski definition) is 5. The number of carbonyl (C=O) groups is 1. The van der Waals surface area contributed by atoms with Crippen molar-refractivity contribution in [3.8, 4) is 0 Å². The second kappa shape index (κ2) is 5.62. The van der Waals surface area contributed by atoms with Gasteiger partial charge in [-0.25, -0.2) is 4.79 Å². The highest BCUT2D eigenvalue weighted by Gasteiger charge is 2.19. The minimum atomic E-state index is -0.503. The average molecular weight is 255 g/mol. The molecule has 1 N–H and O–H groups in total. The predicted octanol–water partition coefficient (Wildman–Crippen LogP) is 1.66. The molecule has 94 valence electrons. The molecule has 1 aromatic rings. The fraction of sp³-hybridized carbons (Fsp3) is 0.583. The Bertz CT molecular complexity index is 385. The van der Waals surface area contributed by atoms with Gasteiger partial charge in [-0.1, -0.05) is 0 Å². The van der Waals surface area contributed by atoms with E-state index in [1.165, 1.54) is 31.3 Å². The lowest BCUT2D eigenvalue weighted by molar-refractivity contribution is 0.0606. The number of esters is 1. The van der Waals surface area contributed by atoms with E-state index in [1.807, 2.05) is 0 Å². The molecule has 1 aliphatic heterocycles. The van der Waals surface area contributed by atoms with Crippen LogP contribution in [0.15, 0.2) is 12.1 Å². The van der Waals surface area contributed by atoms with Gasteiger partial charge in [0.2, 0.25) is 0 Å². The van der Waals surface area contributed by atoms with E-state index in [1.54, 1.807) is 12.1 Å². The summed E-state index contributed by atoms with van der Waals surface area (Å²) in [5.41, 5.74) is 0. The Morgan fingerprint density at radius 1 is 1.53 bits per heavy atom. The Morgan fingerprint density at radius 3 is 2.88 bits per heavy atom. The van der Waals surface area contributed by atoms with Crippen molar-refractivity contribution in [2.75, 3.05) is 26.7 Å². The van der Waals surface area contributed by atoms with Crippen molar-refractivity contribution >= 4 is 17.3 Å². The molecule has 0 spiro atoms. The molecule has 0 saturated carbocycles. The summed E-state index contributed by atoms with van der Waals surface area (Å²) in [6.45, 7) is 2.78. The molecule has 1 saturated heterocycles. The van der Waals surface area contributed by atoms with Crippen molar-refractivity contribution in [3.05, 3.63) is 21.9 Å². The van der Waals surface area contributed by atoms with E-state index < -0.39 is 6.10 Å². The van der Waals surface area contributed by atoms with E-state index >= 15 is 0 Å². The van der Waals surface area contributed by atoms with Crippen LogP contribution < -0.4 is 0 Å². The number of hydrogen-bond donors (Lipinski definition) is 1. The van der Waals surface area contributed by atoms with Gasteiger partial charge in [0, 0.05) is 11.4 Å². The topological polar surface area (TPSA) is 49.8 Å². The summed E-state index contributed by atoms with van der Waals surface area (Å²) in [7, 11) is 1.36. The summed E-state index contributed by atoms with van der Waals surface area (Å²) in [5, 5.41) is 10.1. The number of ether oxygens (including phenoxy) is 1. The zero-order valence-corrected chi connectivity index (χ0v) is 10.7. The number of aliphatic hydroxyl groups excluding tert-OH is 1. The Balaban J connectivity index is 1.96. The van der Waals surface area contributed by atoms with Crippen molar-refractivity contribution in [2.24, 2.45) is 0 Å². The fourth-order valence-electron chi connectivity index (χ4n) is 2.04. The third-order valence-electron chi connectivity index (χ3n) is 2.97. The van der Waals surface area contributed by atoms with E-state index in [-0.39, 0.29) is 5.97 Å². The van der Waals surface area contributed by atoms with Crippen molar-refractivity contribution in [1.82, 2.24) is 4.90 Å². The van der Waals surface area contributed by atoms with Gasteiger partial charge in [0.1, 0.15) is 11.0 Å².